The van der Waals surface area contributed by atoms with Crippen LogP contribution in [0.4, 0.5) is 0 Å². The number of likely N-dealkylation sites (tertiary alicyclic amines) is 2. The van der Waals surface area contributed by atoms with Crippen molar-refractivity contribution in [3.8, 4) is 0 Å². The molecule has 4 rings (SSSR count). The average Bonchev–Trinajstić information content (AvgIpc) is 2.87. The van der Waals surface area contributed by atoms with Gasteiger partial charge in [-0.15, -0.1) is 0 Å². The van der Waals surface area contributed by atoms with E-state index in [0.717, 1.165) is 36.8 Å². The summed E-state index contributed by atoms with van der Waals surface area (Å²) < 4.78 is 0.874. The fraction of sp³-hybridized carbons (Fsp3) is 0.423. The molecular formula is C26H30BrN3O3. The van der Waals surface area contributed by atoms with Crippen LogP contribution >= 0.6 is 15.9 Å². The Labute approximate surface area is 203 Å². The Morgan fingerprint density at radius 1 is 0.818 bits per heavy atom. The number of halogens is 1. The molecule has 0 aromatic heterocycles. The number of amides is 3. The van der Waals surface area contributed by atoms with Crippen molar-refractivity contribution in [3.63, 3.8) is 0 Å². The van der Waals surface area contributed by atoms with Crippen molar-refractivity contribution in [2.45, 2.75) is 38.1 Å². The summed E-state index contributed by atoms with van der Waals surface area (Å²) in [5.74, 6) is -0.213. The van der Waals surface area contributed by atoms with Gasteiger partial charge < -0.3 is 15.1 Å². The van der Waals surface area contributed by atoms with Crippen LogP contribution in [-0.2, 0) is 4.79 Å². The van der Waals surface area contributed by atoms with Gasteiger partial charge in [0.05, 0.1) is 0 Å². The minimum absolute atomic E-state index is 0.00125. The van der Waals surface area contributed by atoms with Crippen LogP contribution in [0.2, 0.25) is 0 Å². The largest absolute Gasteiger partial charge is 0.341 e. The highest BCUT2D eigenvalue weighted by Gasteiger charge is 2.36. The summed E-state index contributed by atoms with van der Waals surface area (Å²) in [6, 6.07) is 15.9. The van der Waals surface area contributed by atoms with E-state index in [2.05, 4.69) is 21.2 Å². The fourth-order valence-electron chi connectivity index (χ4n) is 4.75. The number of benzene rings is 2. The maximum Gasteiger partial charge on any atom is 0.253 e. The highest BCUT2D eigenvalue weighted by molar-refractivity contribution is 9.10. The number of piperidine rings is 2. The zero-order valence-corrected chi connectivity index (χ0v) is 20.3. The number of hydrogen-bond donors (Lipinski definition) is 1. The van der Waals surface area contributed by atoms with Gasteiger partial charge in [-0.3, -0.25) is 14.4 Å². The van der Waals surface area contributed by atoms with Gasteiger partial charge >= 0.3 is 0 Å². The zero-order valence-electron chi connectivity index (χ0n) is 18.7. The molecule has 33 heavy (non-hydrogen) atoms. The molecule has 6 nitrogen and oxygen atoms in total. The third kappa shape index (κ3) is 5.82. The second-order valence-corrected chi connectivity index (χ2v) is 9.76. The van der Waals surface area contributed by atoms with Crippen LogP contribution in [-0.4, -0.2) is 59.7 Å². The van der Waals surface area contributed by atoms with Gasteiger partial charge in [-0.2, -0.15) is 0 Å². The van der Waals surface area contributed by atoms with Crippen molar-refractivity contribution in [2.75, 3.05) is 26.2 Å². The van der Waals surface area contributed by atoms with E-state index in [1.807, 2.05) is 52.3 Å². The van der Waals surface area contributed by atoms with Crippen molar-refractivity contribution < 1.29 is 14.4 Å². The molecule has 2 aliphatic rings. The minimum atomic E-state index is -0.570. The Hall–Kier alpha value is -2.67. The monoisotopic (exact) mass is 511 g/mol. The average molecular weight is 512 g/mol. The smallest absolute Gasteiger partial charge is 0.253 e. The van der Waals surface area contributed by atoms with Gasteiger partial charge in [0.1, 0.15) is 6.04 Å². The predicted molar refractivity (Wildman–Crippen MR) is 131 cm³/mol. The summed E-state index contributed by atoms with van der Waals surface area (Å²) >= 11 is 3.43. The van der Waals surface area contributed by atoms with Crippen LogP contribution in [0.3, 0.4) is 0 Å². The number of nitrogens with zero attached hydrogens (tertiary/aromatic N) is 2. The normalized spacial score (nSPS) is 18.0. The molecule has 2 aromatic carbocycles. The van der Waals surface area contributed by atoms with E-state index >= 15 is 0 Å². The number of hydrogen-bond acceptors (Lipinski definition) is 3. The Morgan fingerprint density at radius 2 is 1.48 bits per heavy atom. The Bertz CT molecular complexity index is 983. The molecule has 7 heteroatoms. The summed E-state index contributed by atoms with van der Waals surface area (Å²) in [6.45, 7) is 2.63. The number of nitrogens with one attached hydrogen (secondary N) is 1. The Balaban J connectivity index is 1.45. The quantitative estimate of drug-likeness (QED) is 0.656. The van der Waals surface area contributed by atoms with E-state index in [1.165, 1.54) is 0 Å². The van der Waals surface area contributed by atoms with Crippen molar-refractivity contribution in [3.05, 3.63) is 70.2 Å². The second kappa shape index (κ2) is 11.0. The molecule has 0 spiro atoms. The lowest BCUT2D eigenvalue weighted by atomic mass is 9.87. The van der Waals surface area contributed by atoms with Crippen molar-refractivity contribution >= 4 is 33.7 Å². The third-order valence-electron chi connectivity index (χ3n) is 6.63. The first kappa shape index (κ1) is 23.5. The van der Waals surface area contributed by atoms with Crippen molar-refractivity contribution in [1.82, 2.24) is 15.1 Å². The summed E-state index contributed by atoms with van der Waals surface area (Å²) in [6.07, 6.45) is 4.51. The van der Waals surface area contributed by atoms with E-state index in [-0.39, 0.29) is 23.6 Å². The van der Waals surface area contributed by atoms with Gasteiger partial charge in [-0.05, 0) is 68.4 Å². The van der Waals surface area contributed by atoms with Crippen LogP contribution in [0.15, 0.2) is 59.1 Å². The maximum atomic E-state index is 13.5. The van der Waals surface area contributed by atoms with Crippen LogP contribution in [0.25, 0.3) is 0 Å². The van der Waals surface area contributed by atoms with Gasteiger partial charge in [-0.25, -0.2) is 0 Å². The first-order valence-electron chi connectivity index (χ1n) is 11.7. The summed E-state index contributed by atoms with van der Waals surface area (Å²) in [4.78, 5) is 43.1. The van der Waals surface area contributed by atoms with Crippen LogP contribution in [0.5, 0.6) is 0 Å². The van der Waals surface area contributed by atoms with Gasteiger partial charge in [0.25, 0.3) is 11.8 Å². The Morgan fingerprint density at radius 3 is 2.15 bits per heavy atom. The molecule has 1 N–H and O–H groups in total. The van der Waals surface area contributed by atoms with Gasteiger partial charge in [0, 0.05) is 41.8 Å². The maximum absolute atomic E-state index is 13.5. The zero-order chi connectivity index (χ0) is 23.2. The lowest BCUT2D eigenvalue weighted by Crippen LogP contribution is -2.55. The lowest BCUT2D eigenvalue weighted by Gasteiger charge is -2.38. The van der Waals surface area contributed by atoms with Gasteiger partial charge in [-0.1, -0.05) is 40.2 Å². The molecular weight excluding hydrogens is 482 g/mol. The van der Waals surface area contributed by atoms with E-state index in [0.29, 0.717) is 37.1 Å². The summed E-state index contributed by atoms with van der Waals surface area (Å²) in [5.41, 5.74) is 1.21. The lowest BCUT2D eigenvalue weighted by molar-refractivity contribution is -0.136. The molecule has 3 amide bonds. The molecule has 174 valence electrons. The number of rotatable bonds is 5. The van der Waals surface area contributed by atoms with E-state index in [1.54, 1.807) is 12.1 Å². The molecule has 2 aliphatic heterocycles. The second-order valence-electron chi connectivity index (χ2n) is 8.84. The fourth-order valence-corrected chi connectivity index (χ4v) is 5.15. The molecule has 0 radical (unpaired) electrons. The first-order chi connectivity index (χ1) is 16.0. The van der Waals surface area contributed by atoms with E-state index in [4.69, 9.17) is 0 Å². The molecule has 0 saturated carbocycles. The molecule has 2 heterocycles. The molecule has 1 atom stereocenters. The standard InChI is InChI=1S/C26H30BrN3O3/c27-22-11-7-10-21(18-22)25(32)30-16-12-19(13-17-30)23(26(33)29-14-5-2-6-15-29)28-24(31)20-8-3-1-4-9-20/h1,3-4,7-11,18-19,23H,2,5-6,12-17H2,(H,28,31)/t23-/m1/s1. The SMILES string of the molecule is O=C(N[C@@H](C(=O)N1CCCCC1)C1CCN(C(=O)c2cccc(Br)c2)CC1)c1ccccc1. The molecule has 2 fully saturated rings. The topological polar surface area (TPSA) is 69.7 Å². The van der Waals surface area contributed by atoms with Crippen LogP contribution in [0, 0.1) is 5.92 Å². The molecule has 2 aromatic rings. The van der Waals surface area contributed by atoms with E-state index < -0.39 is 6.04 Å². The highest BCUT2D eigenvalue weighted by Crippen LogP contribution is 2.25. The first-order valence-corrected chi connectivity index (χ1v) is 12.5. The van der Waals surface area contributed by atoms with Crippen molar-refractivity contribution in [1.29, 1.82) is 0 Å². The highest BCUT2D eigenvalue weighted by atomic mass is 79.9. The third-order valence-corrected chi connectivity index (χ3v) is 7.12. The predicted octanol–water partition coefficient (Wildman–Crippen LogP) is 4.11. The van der Waals surface area contributed by atoms with Gasteiger partial charge in [0.2, 0.25) is 5.91 Å². The summed E-state index contributed by atoms with van der Waals surface area (Å²) in [5, 5.41) is 3.04. The molecule has 0 bridgehead atoms. The Kier molecular flexibility index (Phi) is 7.81. The van der Waals surface area contributed by atoms with Crippen LogP contribution in [0.1, 0.15) is 52.8 Å². The number of carbonyl (C=O) groups is 3. The number of carbonyl (C=O) groups excluding carboxylic acids is 3. The van der Waals surface area contributed by atoms with E-state index in [9.17, 15) is 14.4 Å². The molecule has 2 saturated heterocycles. The van der Waals surface area contributed by atoms with Crippen LogP contribution < -0.4 is 5.32 Å². The minimum Gasteiger partial charge on any atom is -0.341 e. The molecule has 0 unspecified atom stereocenters. The van der Waals surface area contributed by atoms with Gasteiger partial charge in [0.15, 0.2) is 0 Å². The summed E-state index contributed by atoms with van der Waals surface area (Å²) in [7, 11) is 0. The molecule has 0 aliphatic carbocycles. The van der Waals surface area contributed by atoms with Crippen molar-refractivity contribution in [2.24, 2.45) is 5.92 Å².